The van der Waals surface area contributed by atoms with Gasteiger partial charge in [-0.25, -0.2) is 5.01 Å². The van der Waals surface area contributed by atoms with Crippen LogP contribution in [0.3, 0.4) is 0 Å². The molecule has 0 N–H and O–H groups in total. The van der Waals surface area contributed by atoms with Crippen LogP contribution in [-0.2, 0) is 4.79 Å². The zero-order chi connectivity index (χ0) is 24.5. The van der Waals surface area contributed by atoms with Crippen molar-refractivity contribution in [3.63, 3.8) is 0 Å². The summed E-state index contributed by atoms with van der Waals surface area (Å²) >= 11 is 0. The molecular formula is C26H31N3O5. The van der Waals surface area contributed by atoms with Crippen molar-refractivity contribution in [2.24, 2.45) is 10.5 Å². The first-order valence-corrected chi connectivity index (χ1v) is 11.4. The summed E-state index contributed by atoms with van der Waals surface area (Å²) in [4.78, 5) is 28.1. The van der Waals surface area contributed by atoms with Gasteiger partial charge in [-0.2, -0.15) is 5.10 Å². The maximum Gasteiger partial charge on any atom is 0.254 e. The molecule has 1 fully saturated rings. The van der Waals surface area contributed by atoms with Gasteiger partial charge in [-0.15, -0.1) is 0 Å². The first-order valence-electron chi connectivity index (χ1n) is 11.4. The first kappa shape index (κ1) is 23.6. The molecule has 8 nitrogen and oxygen atoms in total. The van der Waals surface area contributed by atoms with Crippen LogP contribution in [0, 0.1) is 5.41 Å². The van der Waals surface area contributed by atoms with Gasteiger partial charge in [-0.05, 0) is 63.1 Å². The van der Waals surface area contributed by atoms with Crippen molar-refractivity contribution in [2.45, 2.75) is 32.7 Å². The Morgan fingerprint density at radius 2 is 1.68 bits per heavy atom. The number of piperidine rings is 1. The zero-order valence-corrected chi connectivity index (χ0v) is 20.3. The number of amides is 2. The Hall–Kier alpha value is -3.55. The number of benzene rings is 2. The summed E-state index contributed by atoms with van der Waals surface area (Å²) in [7, 11) is 4.76. The fourth-order valence-corrected chi connectivity index (χ4v) is 4.57. The molecule has 0 aliphatic carbocycles. The predicted octanol–water partition coefficient (Wildman–Crippen LogP) is 3.59. The van der Waals surface area contributed by atoms with Crippen LogP contribution in [0.5, 0.6) is 17.2 Å². The Morgan fingerprint density at radius 3 is 2.32 bits per heavy atom. The molecule has 180 valence electrons. The van der Waals surface area contributed by atoms with Gasteiger partial charge in [0.1, 0.15) is 5.75 Å². The molecule has 0 unspecified atom stereocenters. The van der Waals surface area contributed by atoms with E-state index in [1.807, 2.05) is 49.1 Å². The zero-order valence-electron chi connectivity index (χ0n) is 20.3. The fourth-order valence-electron chi connectivity index (χ4n) is 4.57. The van der Waals surface area contributed by atoms with Crippen molar-refractivity contribution in [3.8, 4) is 17.2 Å². The van der Waals surface area contributed by atoms with Gasteiger partial charge in [0.25, 0.3) is 11.8 Å². The van der Waals surface area contributed by atoms with Crippen LogP contribution < -0.4 is 14.2 Å². The Labute approximate surface area is 200 Å². The highest BCUT2D eigenvalue weighted by atomic mass is 16.5. The van der Waals surface area contributed by atoms with E-state index in [1.54, 1.807) is 38.5 Å². The van der Waals surface area contributed by atoms with Crippen LogP contribution in [-0.4, -0.2) is 67.9 Å². The lowest BCUT2D eigenvalue weighted by Crippen LogP contribution is -2.47. The van der Waals surface area contributed by atoms with E-state index >= 15 is 0 Å². The molecule has 2 aliphatic rings. The lowest BCUT2D eigenvalue weighted by atomic mass is 9.83. The third-order valence-electron chi connectivity index (χ3n) is 6.61. The Bertz CT molecular complexity index is 1120. The monoisotopic (exact) mass is 465 g/mol. The second-order valence-corrected chi connectivity index (χ2v) is 9.05. The van der Waals surface area contributed by atoms with E-state index in [4.69, 9.17) is 19.3 Å². The van der Waals surface area contributed by atoms with Gasteiger partial charge in [0, 0.05) is 24.2 Å². The molecule has 0 spiro atoms. The Morgan fingerprint density at radius 1 is 0.971 bits per heavy atom. The normalized spacial score (nSPS) is 18.0. The van der Waals surface area contributed by atoms with Gasteiger partial charge in [-0.1, -0.05) is 6.07 Å². The lowest BCUT2D eigenvalue weighted by molar-refractivity contribution is -0.137. The molecule has 0 aromatic heterocycles. The number of carbonyl (C=O) groups excluding carboxylic acids is 2. The predicted molar refractivity (Wildman–Crippen MR) is 129 cm³/mol. The van der Waals surface area contributed by atoms with Gasteiger partial charge in [0.15, 0.2) is 11.5 Å². The van der Waals surface area contributed by atoms with Gasteiger partial charge in [0.05, 0.1) is 38.5 Å². The summed E-state index contributed by atoms with van der Waals surface area (Å²) in [5, 5.41) is 6.41. The van der Waals surface area contributed by atoms with E-state index in [-0.39, 0.29) is 17.9 Å². The number of hydrazone groups is 1. The van der Waals surface area contributed by atoms with E-state index in [0.717, 1.165) is 5.56 Å². The molecule has 0 saturated carbocycles. The molecule has 2 aliphatic heterocycles. The number of carbonyl (C=O) groups is 2. The minimum atomic E-state index is -0.771. The summed E-state index contributed by atoms with van der Waals surface area (Å²) < 4.78 is 16.0. The summed E-state index contributed by atoms with van der Waals surface area (Å²) in [5.41, 5.74) is 1.36. The largest absolute Gasteiger partial charge is 0.497 e. The molecule has 4 rings (SSSR count). The highest BCUT2D eigenvalue weighted by Crippen LogP contribution is 2.37. The maximum absolute atomic E-state index is 13.4. The smallest absolute Gasteiger partial charge is 0.254 e. The van der Waals surface area contributed by atoms with Crippen LogP contribution in [0.15, 0.2) is 47.6 Å². The van der Waals surface area contributed by atoms with Crippen molar-refractivity contribution in [1.82, 2.24) is 9.91 Å². The molecule has 8 heteroatoms. The van der Waals surface area contributed by atoms with Crippen molar-refractivity contribution in [1.29, 1.82) is 0 Å². The summed E-state index contributed by atoms with van der Waals surface area (Å²) in [6, 6.07) is 12.7. The molecule has 2 amide bonds. The van der Waals surface area contributed by atoms with E-state index in [0.29, 0.717) is 54.5 Å². The number of nitrogens with zero attached hydrogens (tertiary/aromatic N) is 3. The van der Waals surface area contributed by atoms with Gasteiger partial charge < -0.3 is 19.1 Å². The Balaban J connectivity index is 1.50. The van der Waals surface area contributed by atoms with E-state index in [2.05, 4.69) is 0 Å². The highest BCUT2D eigenvalue weighted by molar-refractivity contribution is 6.19. The third kappa shape index (κ3) is 4.20. The number of hydrogen-bond acceptors (Lipinski definition) is 6. The molecule has 0 atom stereocenters. The molecule has 0 bridgehead atoms. The molecule has 2 aromatic carbocycles. The quantitative estimate of drug-likeness (QED) is 0.651. The molecule has 1 saturated heterocycles. The van der Waals surface area contributed by atoms with Crippen LogP contribution in [0.25, 0.3) is 0 Å². The van der Waals surface area contributed by atoms with Crippen molar-refractivity contribution in [2.75, 3.05) is 34.4 Å². The number of likely N-dealkylation sites (tertiary alicyclic amines) is 1. The summed E-state index contributed by atoms with van der Waals surface area (Å²) in [6.45, 7) is 4.91. The molecular weight excluding hydrogens is 434 g/mol. The molecule has 2 aromatic rings. The van der Waals surface area contributed by atoms with Crippen molar-refractivity contribution in [3.05, 3.63) is 53.6 Å². The maximum atomic E-state index is 13.4. The Kier molecular flexibility index (Phi) is 6.50. The second-order valence-electron chi connectivity index (χ2n) is 9.05. The van der Waals surface area contributed by atoms with E-state index in [1.165, 1.54) is 0 Å². The molecule has 34 heavy (non-hydrogen) atoms. The summed E-state index contributed by atoms with van der Waals surface area (Å²) in [6.07, 6.45) is 1.33. The number of rotatable bonds is 6. The minimum absolute atomic E-state index is 0.0278. The average molecular weight is 466 g/mol. The van der Waals surface area contributed by atoms with Crippen molar-refractivity contribution < 1.29 is 23.8 Å². The van der Waals surface area contributed by atoms with Gasteiger partial charge >= 0.3 is 0 Å². The van der Waals surface area contributed by atoms with E-state index in [9.17, 15) is 9.59 Å². The topological polar surface area (TPSA) is 80.7 Å². The lowest BCUT2D eigenvalue weighted by Gasteiger charge is -2.35. The molecule has 0 radical (unpaired) electrons. The average Bonchev–Trinajstić information content (AvgIpc) is 3.11. The number of hydrogen-bond donors (Lipinski definition) is 0. The second kappa shape index (κ2) is 9.37. The first-order chi connectivity index (χ1) is 16.3. The fraction of sp³-hybridized carbons (Fsp3) is 0.423. The number of ether oxygens (including phenoxy) is 3. The van der Waals surface area contributed by atoms with Crippen LogP contribution in [0.4, 0.5) is 0 Å². The van der Waals surface area contributed by atoms with Crippen LogP contribution in [0.2, 0.25) is 0 Å². The number of methoxy groups -OCH3 is 3. The van der Waals surface area contributed by atoms with Crippen LogP contribution >= 0.6 is 0 Å². The SMILES string of the molecule is COc1cccc(C(=O)N2CCC(N3N=C(c4ccc(OC)c(OC)c4)C(C)(C)C3=O)CC2)c1. The standard InChI is InChI=1S/C26H31N3O5/c1-26(2)23(17-9-10-21(33-4)22(16-17)34-5)27-29(25(26)31)19-11-13-28(14-12-19)24(30)18-7-6-8-20(15-18)32-3/h6-10,15-16,19H,11-14H2,1-5H3. The molecule has 2 heterocycles. The van der Waals surface area contributed by atoms with Crippen molar-refractivity contribution >= 4 is 17.5 Å². The third-order valence-corrected chi connectivity index (χ3v) is 6.61. The van der Waals surface area contributed by atoms with Crippen LogP contribution in [0.1, 0.15) is 42.6 Å². The van der Waals surface area contributed by atoms with Gasteiger partial charge in [0.2, 0.25) is 0 Å². The highest BCUT2D eigenvalue weighted by Gasteiger charge is 2.47. The summed E-state index contributed by atoms with van der Waals surface area (Å²) in [5.74, 6) is 1.81. The minimum Gasteiger partial charge on any atom is -0.497 e. The van der Waals surface area contributed by atoms with E-state index < -0.39 is 5.41 Å². The van der Waals surface area contributed by atoms with Gasteiger partial charge in [-0.3, -0.25) is 9.59 Å².